The molecule has 0 heterocycles. The summed E-state index contributed by atoms with van der Waals surface area (Å²) in [4.78, 5) is 31.8. The number of hydrogen-bond donors (Lipinski definition) is 3. The zero-order valence-corrected chi connectivity index (χ0v) is 10.2. The molecular weight excluding hydrogens is 254 g/mol. The van der Waals surface area contributed by atoms with Gasteiger partial charge < -0.3 is 15.7 Å². The molecule has 0 bridgehead atoms. The van der Waals surface area contributed by atoms with Gasteiger partial charge in [0.1, 0.15) is 0 Å². The maximum Gasteiger partial charge on any atom is 0.319 e. The molecule has 0 spiro atoms. The van der Waals surface area contributed by atoms with Crippen LogP contribution in [-0.2, 0) is 4.79 Å². The number of aliphatic carboxylic acids is 1. The van der Waals surface area contributed by atoms with Crippen molar-refractivity contribution in [3.63, 3.8) is 0 Å². The number of nitro groups is 1. The van der Waals surface area contributed by atoms with Crippen LogP contribution in [0.5, 0.6) is 0 Å². The summed E-state index contributed by atoms with van der Waals surface area (Å²) in [7, 11) is 0. The summed E-state index contributed by atoms with van der Waals surface area (Å²) >= 11 is 0. The number of nitro benzene ring substituents is 1. The van der Waals surface area contributed by atoms with Crippen LogP contribution in [0.3, 0.4) is 0 Å². The molecule has 1 rings (SSSR count). The second kappa shape index (κ2) is 6.34. The number of carboxylic acids is 1. The lowest BCUT2D eigenvalue weighted by molar-refractivity contribution is -0.384. The minimum Gasteiger partial charge on any atom is -0.481 e. The molecule has 0 aliphatic carbocycles. The summed E-state index contributed by atoms with van der Waals surface area (Å²) in [6.07, 6.45) is -0.193. The molecule has 0 aliphatic rings. The van der Waals surface area contributed by atoms with Gasteiger partial charge in [0, 0.05) is 18.7 Å². The van der Waals surface area contributed by atoms with Gasteiger partial charge in [0.15, 0.2) is 0 Å². The van der Waals surface area contributed by atoms with E-state index in [0.29, 0.717) is 11.3 Å². The highest BCUT2D eigenvalue weighted by atomic mass is 16.6. The number of carboxylic acid groups (broad SMARTS) is 1. The first kappa shape index (κ1) is 14.4. The molecule has 19 heavy (non-hydrogen) atoms. The third kappa shape index (κ3) is 4.62. The molecule has 0 saturated carbocycles. The third-order valence-electron chi connectivity index (χ3n) is 2.30. The van der Waals surface area contributed by atoms with Gasteiger partial charge in [0.05, 0.1) is 17.0 Å². The Hall–Kier alpha value is -2.64. The Labute approximate surface area is 108 Å². The Kier molecular flexibility index (Phi) is 4.81. The molecule has 8 nitrogen and oxygen atoms in total. The predicted molar refractivity (Wildman–Crippen MR) is 67.1 cm³/mol. The van der Waals surface area contributed by atoms with Crippen molar-refractivity contribution in [2.45, 2.75) is 13.3 Å². The van der Waals surface area contributed by atoms with Crippen LogP contribution in [0.2, 0.25) is 0 Å². The third-order valence-corrected chi connectivity index (χ3v) is 2.30. The van der Waals surface area contributed by atoms with Gasteiger partial charge in [-0.25, -0.2) is 4.79 Å². The summed E-state index contributed by atoms with van der Waals surface area (Å²) < 4.78 is 0. The van der Waals surface area contributed by atoms with Crippen molar-refractivity contribution in [1.29, 1.82) is 0 Å². The minimum absolute atomic E-state index is 0.0187. The number of carbonyl (C=O) groups is 2. The van der Waals surface area contributed by atoms with Gasteiger partial charge in [0.25, 0.3) is 5.69 Å². The number of anilines is 1. The van der Waals surface area contributed by atoms with Crippen molar-refractivity contribution >= 4 is 23.4 Å². The fourth-order valence-electron chi connectivity index (χ4n) is 1.31. The van der Waals surface area contributed by atoms with Gasteiger partial charge in [-0.15, -0.1) is 0 Å². The van der Waals surface area contributed by atoms with Crippen molar-refractivity contribution in [2.75, 3.05) is 11.9 Å². The number of nitrogens with zero attached hydrogens (tertiary/aromatic N) is 1. The maximum atomic E-state index is 11.4. The summed E-state index contributed by atoms with van der Waals surface area (Å²) in [5.74, 6) is -1.02. The zero-order valence-electron chi connectivity index (χ0n) is 10.2. The van der Waals surface area contributed by atoms with Crippen LogP contribution < -0.4 is 10.6 Å². The number of carbonyl (C=O) groups excluding carboxylic acids is 1. The Morgan fingerprint density at radius 1 is 1.42 bits per heavy atom. The molecule has 102 valence electrons. The van der Waals surface area contributed by atoms with Crippen molar-refractivity contribution in [3.05, 3.63) is 33.9 Å². The Morgan fingerprint density at radius 3 is 2.68 bits per heavy atom. The van der Waals surface area contributed by atoms with Gasteiger partial charge in [-0.3, -0.25) is 14.9 Å². The average Bonchev–Trinajstić information content (AvgIpc) is 2.31. The largest absolute Gasteiger partial charge is 0.481 e. The van der Waals surface area contributed by atoms with E-state index in [0.717, 1.165) is 0 Å². The number of non-ortho nitro benzene ring substituents is 1. The lowest BCUT2D eigenvalue weighted by atomic mass is 10.2. The molecule has 0 saturated heterocycles. The fraction of sp³-hybridized carbons (Fsp3) is 0.273. The van der Waals surface area contributed by atoms with E-state index in [1.54, 1.807) is 6.92 Å². The number of rotatable bonds is 5. The van der Waals surface area contributed by atoms with Crippen LogP contribution in [0.4, 0.5) is 16.2 Å². The van der Waals surface area contributed by atoms with Crippen LogP contribution in [-0.4, -0.2) is 28.6 Å². The van der Waals surface area contributed by atoms with Crippen LogP contribution in [0.25, 0.3) is 0 Å². The summed E-state index contributed by atoms with van der Waals surface area (Å²) in [6, 6.07) is 3.49. The fourth-order valence-corrected chi connectivity index (χ4v) is 1.31. The van der Waals surface area contributed by atoms with Gasteiger partial charge in [-0.1, -0.05) is 6.07 Å². The Bertz CT molecular complexity index is 515. The molecule has 0 aromatic heterocycles. The summed E-state index contributed by atoms with van der Waals surface area (Å²) in [5.41, 5.74) is 0.840. The number of hydrogen-bond acceptors (Lipinski definition) is 4. The molecule has 0 atom stereocenters. The summed E-state index contributed by atoms with van der Waals surface area (Å²) in [5, 5.41) is 23.8. The normalized spacial score (nSPS) is 9.74. The second-order valence-corrected chi connectivity index (χ2v) is 3.78. The molecule has 2 amide bonds. The van der Waals surface area contributed by atoms with E-state index < -0.39 is 16.9 Å². The van der Waals surface area contributed by atoms with E-state index in [2.05, 4.69) is 10.6 Å². The van der Waals surface area contributed by atoms with Crippen molar-refractivity contribution in [1.82, 2.24) is 5.32 Å². The molecule has 1 aromatic carbocycles. The zero-order chi connectivity index (χ0) is 14.4. The van der Waals surface area contributed by atoms with E-state index in [4.69, 9.17) is 5.11 Å². The first-order valence-electron chi connectivity index (χ1n) is 5.42. The highest BCUT2D eigenvalue weighted by Gasteiger charge is 2.10. The van der Waals surface area contributed by atoms with E-state index >= 15 is 0 Å². The standard InChI is InChI=1S/C11H13N3O5/c1-7-2-3-8(14(18)19)6-9(7)13-11(17)12-5-4-10(15)16/h2-3,6H,4-5H2,1H3,(H,15,16)(H2,12,13,17). The van der Waals surface area contributed by atoms with Crippen molar-refractivity contribution < 1.29 is 19.6 Å². The minimum atomic E-state index is -1.02. The average molecular weight is 267 g/mol. The topological polar surface area (TPSA) is 122 Å². The SMILES string of the molecule is Cc1ccc([N+](=O)[O-])cc1NC(=O)NCCC(=O)O. The molecule has 0 fully saturated rings. The molecule has 0 aliphatic heterocycles. The van der Waals surface area contributed by atoms with Gasteiger partial charge in [-0.2, -0.15) is 0 Å². The van der Waals surface area contributed by atoms with Crippen molar-refractivity contribution in [3.8, 4) is 0 Å². The van der Waals surface area contributed by atoms with Crippen LogP contribution in [0, 0.1) is 17.0 Å². The molecule has 8 heteroatoms. The van der Waals surface area contributed by atoms with Gasteiger partial charge >= 0.3 is 12.0 Å². The maximum absolute atomic E-state index is 11.4. The van der Waals surface area contributed by atoms with Crippen LogP contribution in [0.1, 0.15) is 12.0 Å². The highest BCUT2D eigenvalue weighted by Crippen LogP contribution is 2.21. The molecule has 0 radical (unpaired) electrons. The van der Waals surface area contributed by atoms with Crippen molar-refractivity contribution in [2.24, 2.45) is 0 Å². The van der Waals surface area contributed by atoms with E-state index in [9.17, 15) is 19.7 Å². The molecule has 0 unspecified atom stereocenters. The van der Waals surface area contributed by atoms with Crippen LogP contribution >= 0.6 is 0 Å². The lowest BCUT2D eigenvalue weighted by Gasteiger charge is -2.09. The van der Waals surface area contributed by atoms with Gasteiger partial charge in [-0.05, 0) is 12.5 Å². The number of nitrogens with one attached hydrogen (secondary N) is 2. The van der Waals surface area contributed by atoms with Crippen LogP contribution in [0.15, 0.2) is 18.2 Å². The number of aryl methyl sites for hydroxylation is 1. The second-order valence-electron chi connectivity index (χ2n) is 3.78. The number of benzene rings is 1. The molecule has 3 N–H and O–H groups in total. The lowest BCUT2D eigenvalue weighted by Crippen LogP contribution is -2.30. The molecule has 1 aromatic rings. The smallest absolute Gasteiger partial charge is 0.319 e. The van der Waals surface area contributed by atoms with E-state index in [1.807, 2.05) is 0 Å². The van der Waals surface area contributed by atoms with E-state index in [1.165, 1.54) is 18.2 Å². The van der Waals surface area contributed by atoms with E-state index in [-0.39, 0.29) is 18.7 Å². The van der Waals surface area contributed by atoms with Gasteiger partial charge in [0.2, 0.25) is 0 Å². The monoisotopic (exact) mass is 267 g/mol. The number of amides is 2. The Balaban J connectivity index is 2.65. The quantitative estimate of drug-likeness (QED) is 0.551. The Morgan fingerprint density at radius 2 is 2.11 bits per heavy atom. The predicted octanol–water partition coefficient (Wildman–Crippen LogP) is 1.50. The highest BCUT2D eigenvalue weighted by molar-refractivity contribution is 5.90. The molecular formula is C11H13N3O5. The summed E-state index contributed by atoms with van der Waals surface area (Å²) in [6.45, 7) is 1.67. The number of urea groups is 1. The first-order chi connectivity index (χ1) is 8.90. The first-order valence-corrected chi connectivity index (χ1v) is 5.42.